The van der Waals surface area contributed by atoms with Crippen LogP contribution in [0, 0.1) is 0 Å². The van der Waals surface area contributed by atoms with Crippen molar-refractivity contribution in [1.29, 1.82) is 0 Å². The lowest BCUT2D eigenvalue weighted by atomic mass is 10.0. The molecule has 2 N–H and O–H groups in total. The molecule has 0 saturated heterocycles. The molecule has 2 heteroatoms. The highest BCUT2D eigenvalue weighted by atomic mass is 16.5. The Balaban J connectivity index is 2.54. The molecule has 78 valence electrons. The van der Waals surface area contributed by atoms with Crippen molar-refractivity contribution < 1.29 is 4.74 Å². The third-order valence-electron chi connectivity index (χ3n) is 2.19. The molecule has 1 atom stereocenters. The van der Waals surface area contributed by atoms with Gasteiger partial charge < -0.3 is 10.5 Å². The number of ether oxygens (including phenoxy) is 1. The Bertz CT molecular complexity index is 271. The lowest BCUT2D eigenvalue weighted by molar-refractivity contribution is 0.185. The van der Waals surface area contributed by atoms with Crippen molar-refractivity contribution in [2.24, 2.45) is 5.73 Å². The van der Waals surface area contributed by atoms with Gasteiger partial charge in [-0.05, 0) is 30.9 Å². The molecule has 1 aromatic carbocycles. The average molecular weight is 193 g/mol. The summed E-state index contributed by atoms with van der Waals surface area (Å²) in [7, 11) is 1.72. The number of nitrogens with two attached hydrogens (primary N) is 1. The molecule has 0 amide bonds. The molecule has 0 saturated carbocycles. The van der Waals surface area contributed by atoms with E-state index in [1.807, 2.05) is 6.92 Å². The lowest BCUT2D eigenvalue weighted by Crippen LogP contribution is -2.15. The molecule has 0 radical (unpaired) electrons. The normalized spacial score (nSPS) is 12.8. The van der Waals surface area contributed by atoms with Crippen LogP contribution in [0.1, 0.15) is 24.5 Å². The van der Waals surface area contributed by atoms with Crippen LogP contribution in [0.3, 0.4) is 0 Å². The van der Waals surface area contributed by atoms with E-state index in [2.05, 4.69) is 24.3 Å². The molecule has 1 rings (SSSR count). The van der Waals surface area contributed by atoms with Gasteiger partial charge in [0.15, 0.2) is 0 Å². The van der Waals surface area contributed by atoms with Crippen molar-refractivity contribution in [3.63, 3.8) is 0 Å². The fourth-order valence-electron chi connectivity index (χ4n) is 1.44. The van der Waals surface area contributed by atoms with Crippen molar-refractivity contribution in [3.05, 3.63) is 35.4 Å². The zero-order valence-corrected chi connectivity index (χ0v) is 8.99. The number of aryl methyl sites for hydroxylation is 1. The number of hydrogen-bond donors (Lipinski definition) is 1. The summed E-state index contributed by atoms with van der Waals surface area (Å²) in [5.41, 5.74) is 8.29. The van der Waals surface area contributed by atoms with E-state index in [0.717, 1.165) is 12.8 Å². The molecule has 0 heterocycles. The predicted molar refractivity (Wildman–Crippen MR) is 59.1 cm³/mol. The molecule has 0 bridgehead atoms. The minimum absolute atomic E-state index is 0.279. The Morgan fingerprint density at radius 1 is 1.36 bits per heavy atom. The maximum atomic E-state index is 5.71. The Kier molecular flexibility index (Phi) is 4.63. The van der Waals surface area contributed by atoms with Gasteiger partial charge in [0.05, 0.1) is 6.61 Å². The molecule has 2 nitrogen and oxygen atoms in total. The number of benzene rings is 1. The van der Waals surface area contributed by atoms with Crippen LogP contribution in [-0.2, 0) is 17.8 Å². The lowest BCUT2D eigenvalue weighted by Gasteiger charge is -2.06. The number of methoxy groups -OCH3 is 1. The first-order valence-corrected chi connectivity index (χ1v) is 5.04. The van der Waals surface area contributed by atoms with E-state index < -0.39 is 0 Å². The highest BCUT2D eigenvalue weighted by molar-refractivity contribution is 5.23. The van der Waals surface area contributed by atoms with Crippen molar-refractivity contribution in [1.82, 2.24) is 0 Å². The first-order valence-electron chi connectivity index (χ1n) is 5.04. The molecule has 0 aliphatic carbocycles. The summed E-state index contributed by atoms with van der Waals surface area (Å²) in [4.78, 5) is 0. The monoisotopic (exact) mass is 193 g/mol. The van der Waals surface area contributed by atoms with Crippen LogP contribution in [-0.4, -0.2) is 13.2 Å². The molecule has 0 aliphatic heterocycles. The van der Waals surface area contributed by atoms with Gasteiger partial charge in [-0.1, -0.05) is 24.3 Å². The zero-order valence-electron chi connectivity index (χ0n) is 8.99. The van der Waals surface area contributed by atoms with Crippen molar-refractivity contribution in [3.8, 4) is 0 Å². The fraction of sp³-hybridized carbons (Fsp3) is 0.500. The predicted octanol–water partition coefficient (Wildman–Crippen LogP) is 2.11. The average Bonchev–Trinajstić information content (AvgIpc) is 2.16. The highest BCUT2D eigenvalue weighted by Gasteiger charge is 1.98. The van der Waals surface area contributed by atoms with E-state index in [1.165, 1.54) is 11.1 Å². The van der Waals surface area contributed by atoms with Crippen molar-refractivity contribution >= 4 is 0 Å². The van der Waals surface area contributed by atoms with E-state index in [-0.39, 0.29) is 6.04 Å². The highest BCUT2D eigenvalue weighted by Crippen LogP contribution is 2.09. The van der Waals surface area contributed by atoms with Gasteiger partial charge in [0, 0.05) is 13.2 Å². The van der Waals surface area contributed by atoms with Crippen LogP contribution in [0.15, 0.2) is 24.3 Å². The molecule has 0 aromatic heterocycles. The second-order valence-corrected chi connectivity index (χ2v) is 3.77. The molecule has 0 fully saturated rings. The topological polar surface area (TPSA) is 35.2 Å². The van der Waals surface area contributed by atoms with Crippen LogP contribution < -0.4 is 5.73 Å². The summed E-state index contributed by atoms with van der Waals surface area (Å²) >= 11 is 0. The minimum atomic E-state index is 0.279. The largest absolute Gasteiger partial charge is 0.380 e. The van der Waals surface area contributed by atoms with E-state index in [0.29, 0.717) is 6.61 Å². The third kappa shape index (κ3) is 3.90. The van der Waals surface area contributed by atoms with Gasteiger partial charge in [0.1, 0.15) is 0 Å². The van der Waals surface area contributed by atoms with Crippen molar-refractivity contribution in [2.45, 2.75) is 32.4 Å². The van der Waals surface area contributed by atoms with E-state index in [1.54, 1.807) is 7.11 Å². The molecule has 1 aromatic rings. The SMILES string of the molecule is COCc1cccc(CC[C@H](C)N)c1. The second-order valence-electron chi connectivity index (χ2n) is 3.77. The maximum Gasteiger partial charge on any atom is 0.0713 e. The van der Waals surface area contributed by atoms with E-state index >= 15 is 0 Å². The molecule has 14 heavy (non-hydrogen) atoms. The third-order valence-corrected chi connectivity index (χ3v) is 2.19. The molecule has 0 spiro atoms. The summed E-state index contributed by atoms with van der Waals surface area (Å²) in [6.45, 7) is 2.73. The van der Waals surface area contributed by atoms with Crippen LogP contribution in [0.25, 0.3) is 0 Å². The molecular formula is C12H19NO. The first-order chi connectivity index (χ1) is 6.72. The Morgan fingerprint density at radius 2 is 2.07 bits per heavy atom. The van der Waals surface area contributed by atoms with Gasteiger partial charge in [0.2, 0.25) is 0 Å². The van der Waals surface area contributed by atoms with Crippen LogP contribution >= 0.6 is 0 Å². The summed E-state index contributed by atoms with van der Waals surface area (Å²) in [5.74, 6) is 0. The molecule has 0 aliphatic rings. The van der Waals surface area contributed by atoms with E-state index in [4.69, 9.17) is 10.5 Å². The quantitative estimate of drug-likeness (QED) is 0.777. The zero-order chi connectivity index (χ0) is 10.4. The van der Waals surface area contributed by atoms with Gasteiger partial charge in [0.25, 0.3) is 0 Å². The second kappa shape index (κ2) is 5.78. The summed E-state index contributed by atoms with van der Waals surface area (Å²) in [5, 5.41) is 0. The smallest absolute Gasteiger partial charge is 0.0713 e. The van der Waals surface area contributed by atoms with Gasteiger partial charge in [-0.25, -0.2) is 0 Å². The standard InChI is InChI=1S/C12H19NO/c1-10(13)6-7-11-4-3-5-12(8-11)9-14-2/h3-5,8,10H,6-7,9,13H2,1-2H3/t10-/m0/s1. The van der Waals surface area contributed by atoms with Gasteiger partial charge >= 0.3 is 0 Å². The van der Waals surface area contributed by atoms with Gasteiger partial charge in [-0.15, -0.1) is 0 Å². The minimum Gasteiger partial charge on any atom is -0.380 e. The number of hydrogen-bond acceptors (Lipinski definition) is 2. The molecular weight excluding hydrogens is 174 g/mol. The summed E-state index contributed by atoms with van der Waals surface area (Å²) in [6.07, 6.45) is 2.09. The summed E-state index contributed by atoms with van der Waals surface area (Å²) < 4.78 is 5.08. The van der Waals surface area contributed by atoms with Gasteiger partial charge in [-0.2, -0.15) is 0 Å². The molecule has 0 unspecified atom stereocenters. The Morgan fingerprint density at radius 3 is 2.71 bits per heavy atom. The van der Waals surface area contributed by atoms with Gasteiger partial charge in [-0.3, -0.25) is 0 Å². The first kappa shape index (κ1) is 11.2. The van der Waals surface area contributed by atoms with E-state index in [9.17, 15) is 0 Å². The van der Waals surface area contributed by atoms with Crippen LogP contribution in [0.2, 0.25) is 0 Å². The summed E-state index contributed by atoms with van der Waals surface area (Å²) in [6, 6.07) is 8.76. The van der Waals surface area contributed by atoms with Crippen LogP contribution in [0.4, 0.5) is 0 Å². The Labute approximate surface area is 86.1 Å². The number of rotatable bonds is 5. The fourth-order valence-corrected chi connectivity index (χ4v) is 1.44. The Hall–Kier alpha value is -0.860. The maximum absolute atomic E-state index is 5.71. The van der Waals surface area contributed by atoms with Crippen LogP contribution in [0.5, 0.6) is 0 Å². The van der Waals surface area contributed by atoms with Crippen molar-refractivity contribution in [2.75, 3.05) is 7.11 Å².